The van der Waals surface area contributed by atoms with Crippen LogP contribution in [0, 0.1) is 17.7 Å². The molecular formula is C32H36ClFN2O3. The van der Waals surface area contributed by atoms with Crippen LogP contribution >= 0.6 is 11.6 Å². The van der Waals surface area contributed by atoms with Crippen LogP contribution in [0.25, 0.3) is 0 Å². The summed E-state index contributed by atoms with van der Waals surface area (Å²) in [5.41, 5.74) is 3.32. The van der Waals surface area contributed by atoms with Crippen LogP contribution in [-0.4, -0.2) is 50.2 Å². The van der Waals surface area contributed by atoms with Crippen LogP contribution in [0.5, 0.6) is 5.75 Å². The van der Waals surface area contributed by atoms with Crippen LogP contribution in [0.3, 0.4) is 0 Å². The summed E-state index contributed by atoms with van der Waals surface area (Å²) in [5, 5.41) is 0.747. The first-order valence-electron chi connectivity index (χ1n) is 13.8. The van der Waals surface area contributed by atoms with E-state index in [9.17, 15) is 9.18 Å². The summed E-state index contributed by atoms with van der Waals surface area (Å²) in [7, 11) is 0. The Bertz CT molecular complexity index is 1240. The number of amides is 1. The first-order valence-corrected chi connectivity index (χ1v) is 14.1. The van der Waals surface area contributed by atoms with Crippen molar-refractivity contribution in [2.45, 2.75) is 32.3 Å². The monoisotopic (exact) mass is 550 g/mol. The minimum atomic E-state index is -0.245. The van der Waals surface area contributed by atoms with E-state index in [-0.39, 0.29) is 24.4 Å². The van der Waals surface area contributed by atoms with E-state index >= 15 is 0 Å². The molecule has 5 nitrogen and oxygen atoms in total. The van der Waals surface area contributed by atoms with E-state index in [1.807, 2.05) is 35.2 Å². The standard InChI is InChI=1S/C32H36ClFN2O3/c1-22(2)30-19-25(23-6-8-26(33)9-7-23)20-39-32(30)24-4-3-5-29(18-24)38-21-31(37)36-16-14-35(15-17-36)28-12-10-27(34)11-13-28/h3-13,18,22,25,30,32H,14-17,19-21H2,1-2H3/t25-,30-,32-/m0/s1. The summed E-state index contributed by atoms with van der Waals surface area (Å²) >= 11 is 6.09. The van der Waals surface area contributed by atoms with Gasteiger partial charge in [0.25, 0.3) is 5.91 Å². The van der Waals surface area contributed by atoms with Gasteiger partial charge in [-0.2, -0.15) is 0 Å². The molecule has 3 atom stereocenters. The molecule has 0 spiro atoms. The molecule has 39 heavy (non-hydrogen) atoms. The molecule has 2 fully saturated rings. The minimum Gasteiger partial charge on any atom is -0.484 e. The maximum atomic E-state index is 13.2. The van der Waals surface area contributed by atoms with Crippen molar-refractivity contribution < 1.29 is 18.7 Å². The lowest BCUT2D eigenvalue weighted by Gasteiger charge is -2.39. The molecule has 5 rings (SSSR count). The molecule has 0 aliphatic carbocycles. The van der Waals surface area contributed by atoms with Crippen LogP contribution < -0.4 is 9.64 Å². The van der Waals surface area contributed by atoms with Gasteiger partial charge in [0.1, 0.15) is 11.6 Å². The van der Waals surface area contributed by atoms with Crippen molar-refractivity contribution in [3.8, 4) is 5.75 Å². The molecule has 2 heterocycles. The Labute approximate surface area is 235 Å². The third-order valence-corrected chi connectivity index (χ3v) is 8.25. The van der Waals surface area contributed by atoms with Crippen molar-refractivity contribution in [1.82, 2.24) is 4.90 Å². The number of nitrogens with zero attached hydrogens (tertiary/aromatic N) is 2. The van der Waals surface area contributed by atoms with Gasteiger partial charge < -0.3 is 19.3 Å². The van der Waals surface area contributed by atoms with Gasteiger partial charge in [0, 0.05) is 42.8 Å². The molecule has 7 heteroatoms. The van der Waals surface area contributed by atoms with Gasteiger partial charge in [-0.1, -0.05) is 49.7 Å². The lowest BCUT2D eigenvalue weighted by atomic mass is 9.76. The number of piperazine rings is 1. The van der Waals surface area contributed by atoms with Gasteiger partial charge in [-0.3, -0.25) is 4.79 Å². The number of hydrogen-bond donors (Lipinski definition) is 0. The lowest BCUT2D eigenvalue weighted by Crippen LogP contribution is -2.50. The molecule has 0 N–H and O–H groups in total. The number of ether oxygens (including phenoxy) is 2. The minimum absolute atomic E-state index is 0.00221. The molecule has 0 bridgehead atoms. The lowest BCUT2D eigenvalue weighted by molar-refractivity contribution is -0.133. The predicted molar refractivity (Wildman–Crippen MR) is 153 cm³/mol. The van der Waals surface area contributed by atoms with E-state index < -0.39 is 0 Å². The predicted octanol–water partition coefficient (Wildman–Crippen LogP) is 6.72. The highest BCUT2D eigenvalue weighted by Gasteiger charge is 2.35. The fourth-order valence-electron chi connectivity index (χ4n) is 5.68. The van der Waals surface area contributed by atoms with Gasteiger partial charge in [-0.05, 0) is 77.9 Å². The fraction of sp³-hybridized carbons (Fsp3) is 0.406. The molecule has 2 saturated heterocycles. The molecule has 0 saturated carbocycles. The molecule has 0 radical (unpaired) electrons. The van der Waals surface area contributed by atoms with Gasteiger partial charge in [-0.15, -0.1) is 0 Å². The highest BCUT2D eigenvalue weighted by molar-refractivity contribution is 6.30. The third kappa shape index (κ3) is 6.74. The second-order valence-corrected chi connectivity index (χ2v) is 11.3. The maximum Gasteiger partial charge on any atom is 0.260 e. The molecule has 3 aromatic carbocycles. The van der Waals surface area contributed by atoms with Gasteiger partial charge >= 0.3 is 0 Å². The van der Waals surface area contributed by atoms with Crippen molar-refractivity contribution in [2.24, 2.45) is 11.8 Å². The van der Waals surface area contributed by atoms with E-state index in [2.05, 4.69) is 36.9 Å². The summed E-state index contributed by atoms with van der Waals surface area (Å²) in [6.07, 6.45) is 1.02. The Morgan fingerprint density at radius 3 is 2.41 bits per heavy atom. The van der Waals surface area contributed by atoms with Gasteiger partial charge in [0.2, 0.25) is 0 Å². The highest BCUT2D eigenvalue weighted by Crippen LogP contribution is 2.44. The van der Waals surface area contributed by atoms with Gasteiger partial charge in [0.15, 0.2) is 6.61 Å². The first kappa shape index (κ1) is 27.5. The Morgan fingerprint density at radius 2 is 1.72 bits per heavy atom. The summed E-state index contributed by atoms with van der Waals surface area (Å²) in [5.74, 6) is 1.55. The Kier molecular flexibility index (Phi) is 8.73. The Balaban J connectivity index is 1.16. The van der Waals surface area contributed by atoms with Crippen LogP contribution in [0.15, 0.2) is 72.8 Å². The van der Waals surface area contributed by atoms with Crippen molar-refractivity contribution in [3.63, 3.8) is 0 Å². The number of hydrogen-bond acceptors (Lipinski definition) is 4. The van der Waals surface area contributed by atoms with Crippen LogP contribution in [0.1, 0.15) is 43.4 Å². The second kappa shape index (κ2) is 12.4. The van der Waals surface area contributed by atoms with E-state index in [1.54, 1.807) is 12.1 Å². The number of carbonyl (C=O) groups excluding carboxylic acids is 1. The molecule has 0 unspecified atom stereocenters. The second-order valence-electron chi connectivity index (χ2n) is 10.9. The number of anilines is 1. The van der Waals surface area contributed by atoms with Crippen molar-refractivity contribution >= 4 is 23.2 Å². The third-order valence-electron chi connectivity index (χ3n) is 7.99. The van der Waals surface area contributed by atoms with E-state index in [1.165, 1.54) is 17.7 Å². The largest absolute Gasteiger partial charge is 0.484 e. The van der Waals surface area contributed by atoms with Crippen molar-refractivity contribution in [1.29, 1.82) is 0 Å². The van der Waals surface area contributed by atoms with Crippen LogP contribution in [0.4, 0.5) is 10.1 Å². The summed E-state index contributed by atoms with van der Waals surface area (Å²) in [6, 6.07) is 22.6. The van der Waals surface area contributed by atoms with E-state index in [0.717, 1.165) is 22.7 Å². The molecule has 1 amide bonds. The summed E-state index contributed by atoms with van der Waals surface area (Å²) < 4.78 is 25.7. The number of benzene rings is 3. The molecule has 0 aromatic heterocycles. The first-order chi connectivity index (χ1) is 18.9. The Morgan fingerprint density at radius 1 is 1.00 bits per heavy atom. The Hall–Kier alpha value is -3.09. The quantitative estimate of drug-likeness (QED) is 0.327. The zero-order valence-electron chi connectivity index (χ0n) is 22.6. The fourth-order valence-corrected chi connectivity index (χ4v) is 5.81. The summed E-state index contributed by atoms with van der Waals surface area (Å²) in [6.45, 7) is 7.79. The number of carbonyl (C=O) groups is 1. The normalized spacial score (nSPS) is 21.7. The SMILES string of the molecule is CC(C)[C@@H]1C[C@H](c2ccc(Cl)cc2)CO[C@H]1c1cccc(OCC(=O)N2CCN(c3ccc(F)cc3)CC2)c1. The maximum absolute atomic E-state index is 13.2. The zero-order chi connectivity index (χ0) is 27.4. The molecule has 206 valence electrons. The average molecular weight is 551 g/mol. The summed E-state index contributed by atoms with van der Waals surface area (Å²) in [4.78, 5) is 16.9. The smallest absolute Gasteiger partial charge is 0.260 e. The molecule has 3 aromatic rings. The van der Waals surface area contributed by atoms with Gasteiger partial charge in [0.05, 0.1) is 12.7 Å². The van der Waals surface area contributed by atoms with E-state index in [0.29, 0.717) is 56.3 Å². The van der Waals surface area contributed by atoms with Crippen molar-refractivity contribution in [3.05, 3.63) is 94.8 Å². The van der Waals surface area contributed by atoms with Gasteiger partial charge in [-0.25, -0.2) is 4.39 Å². The van der Waals surface area contributed by atoms with Crippen LogP contribution in [0.2, 0.25) is 5.02 Å². The van der Waals surface area contributed by atoms with Crippen molar-refractivity contribution in [2.75, 3.05) is 44.3 Å². The molecular weight excluding hydrogens is 515 g/mol. The number of rotatable bonds is 7. The molecule has 2 aliphatic rings. The highest BCUT2D eigenvalue weighted by atomic mass is 35.5. The zero-order valence-corrected chi connectivity index (χ0v) is 23.3. The topological polar surface area (TPSA) is 42.0 Å². The number of halogens is 2. The van der Waals surface area contributed by atoms with E-state index in [4.69, 9.17) is 21.1 Å². The average Bonchev–Trinajstić information content (AvgIpc) is 2.96. The van der Waals surface area contributed by atoms with Crippen LogP contribution in [-0.2, 0) is 9.53 Å². The molecule has 2 aliphatic heterocycles.